The van der Waals surface area contributed by atoms with Gasteiger partial charge in [0, 0.05) is 589 Å². The van der Waals surface area contributed by atoms with E-state index >= 15 is 0 Å². The topological polar surface area (TPSA) is 0 Å². The summed E-state index contributed by atoms with van der Waals surface area (Å²) >= 11 is 0. The van der Waals surface area contributed by atoms with Crippen molar-refractivity contribution in [3.05, 3.63) is 21.8 Å². The summed E-state index contributed by atoms with van der Waals surface area (Å²) in [5, 5.41) is 0. The van der Waals surface area contributed by atoms with E-state index in [1.807, 2.05) is 13.8 Å². The van der Waals surface area contributed by atoms with Crippen molar-refractivity contribution >= 4 is 0 Å². The van der Waals surface area contributed by atoms with Gasteiger partial charge in [0.1, 0.15) is 0 Å². The molecule has 0 amide bonds. The van der Waals surface area contributed by atoms with Gasteiger partial charge >= 0.3 is 0 Å². The predicted octanol–water partition coefficient (Wildman–Crippen LogP) is 2.72. The standard InChI is InChI=1S/C2H6.C2H5.2CH3.18Y/c2*1-2;;;;;;;;;;;;;;;;;;;;/h1-2H3;1H2,2H3;2*1H3;;;;;;;;;;;;;;;;;;/q;3*-1;;;;;;;;;;;;;;;;;;. The van der Waals surface area contributed by atoms with Crippen LogP contribution in [0.2, 0.25) is 0 Å². The largest absolute Gasteiger partial charge is 0.358 e. The van der Waals surface area contributed by atoms with Gasteiger partial charge in [-0.15, -0.1) is 0 Å². The molecule has 0 rings (SSSR count). The summed E-state index contributed by atoms with van der Waals surface area (Å²) in [5.74, 6) is 0. The van der Waals surface area contributed by atoms with Crippen LogP contribution in [-0.2, 0) is 589 Å². The minimum atomic E-state index is 0. The van der Waals surface area contributed by atoms with Gasteiger partial charge in [-0.3, -0.25) is 0 Å². The Bertz CT molecular complexity index is 19.5. The molecule has 18 heteroatoms. The van der Waals surface area contributed by atoms with Crippen molar-refractivity contribution in [3.63, 3.8) is 0 Å². The van der Waals surface area contributed by atoms with E-state index in [-0.39, 0.29) is 604 Å². The Kier molecular flexibility index (Phi) is 1340. The maximum atomic E-state index is 3.25. The van der Waals surface area contributed by atoms with Crippen LogP contribution in [0.1, 0.15) is 20.8 Å². The van der Waals surface area contributed by atoms with E-state index in [0.717, 1.165) is 0 Å². The second-order valence-corrected chi connectivity index (χ2v) is 0. The molecule has 0 fully saturated rings. The summed E-state index contributed by atoms with van der Waals surface area (Å²) in [6, 6.07) is 0. The summed E-state index contributed by atoms with van der Waals surface area (Å²) < 4.78 is 0. The van der Waals surface area contributed by atoms with E-state index in [0.29, 0.717) is 0 Å². The molecule has 0 nitrogen and oxygen atoms in total. The quantitative estimate of drug-likeness (QED) is 0.328. The molecule has 98 valence electrons. The Morgan fingerprint density at radius 2 is 0.250 bits per heavy atom. The fourth-order valence-corrected chi connectivity index (χ4v) is 0. The third-order valence-electron chi connectivity index (χ3n) is 0. The summed E-state index contributed by atoms with van der Waals surface area (Å²) in [6.45, 7) is 9.00. The van der Waals surface area contributed by atoms with E-state index < -0.39 is 0 Å². The maximum absolute atomic E-state index is 3.25. The average Bonchev–Trinajstić information content (AvgIpc) is 1.50. The van der Waals surface area contributed by atoms with Crippen molar-refractivity contribution in [2.75, 3.05) is 0 Å². The number of hydrogen-bond acceptors (Lipinski definition) is 0. The molecule has 0 heterocycles. The van der Waals surface area contributed by atoms with Gasteiger partial charge in [-0.1, -0.05) is 13.8 Å². The number of rotatable bonds is 0. The first kappa shape index (κ1) is 169. The zero-order valence-electron chi connectivity index (χ0n) is 16.1. The molecular formula is C6H17Y18-3. The second-order valence-electron chi connectivity index (χ2n) is 0. The van der Waals surface area contributed by atoms with E-state index in [1.54, 1.807) is 6.92 Å². The van der Waals surface area contributed by atoms with Gasteiger partial charge in [0.05, 0.1) is 0 Å². The van der Waals surface area contributed by atoms with Crippen LogP contribution in [-0.4, -0.2) is 0 Å². The Balaban J connectivity index is -0.0000000000909. The van der Waals surface area contributed by atoms with Gasteiger partial charge in [0.2, 0.25) is 0 Å². The van der Waals surface area contributed by atoms with Crippen LogP contribution in [0.25, 0.3) is 0 Å². The number of hydrogen-bond donors (Lipinski definition) is 0. The van der Waals surface area contributed by atoms with Crippen LogP contribution in [0, 0.1) is 21.8 Å². The normalized spacial score (nSPS) is 0.500. The van der Waals surface area contributed by atoms with Crippen molar-refractivity contribution in [1.29, 1.82) is 0 Å². The zero-order chi connectivity index (χ0) is 4.00. The first-order valence-electron chi connectivity index (χ1n) is 1.71. The van der Waals surface area contributed by atoms with Gasteiger partial charge < -0.3 is 21.8 Å². The first-order chi connectivity index (χ1) is 2.00. The first-order valence-corrected chi connectivity index (χ1v) is 1.71. The zero-order valence-corrected chi connectivity index (χ0v) is 67.2. The molecule has 18 radical (unpaired) electrons. The van der Waals surface area contributed by atoms with Crippen LogP contribution in [0.5, 0.6) is 0 Å². The Morgan fingerprint density at radius 1 is 0.250 bits per heavy atom. The van der Waals surface area contributed by atoms with Gasteiger partial charge in [-0.25, -0.2) is 0 Å². The minimum absolute atomic E-state index is 0. The molecule has 0 atom stereocenters. The van der Waals surface area contributed by atoms with Gasteiger partial charge in [-0.2, -0.15) is 6.92 Å². The maximum Gasteiger partial charge on any atom is 0 e. The average molecular weight is 1690 g/mol. The van der Waals surface area contributed by atoms with Crippen LogP contribution in [0.4, 0.5) is 0 Å². The molecule has 0 bridgehead atoms. The van der Waals surface area contributed by atoms with Crippen LogP contribution in [0.15, 0.2) is 0 Å². The predicted molar refractivity (Wildman–Crippen MR) is 35.2 cm³/mol. The van der Waals surface area contributed by atoms with Crippen molar-refractivity contribution in [1.82, 2.24) is 0 Å². The fourth-order valence-electron chi connectivity index (χ4n) is 0. The Labute approximate surface area is 608 Å². The van der Waals surface area contributed by atoms with Gasteiger partial charge in [0.25, 0.3) is 0 Å². The van der Waals surface area contributed by atoms with E-state index in [1.165, 1.54) is 0 Å². The summed E-state index contributed by atoms with van der Waals surface area (Å²) in [7, 11) is 0. The van der Waals surface area contributed by atoms with E-state index in [2.05, 4.69) is 6.92 Å². The molecule has 0 aliphatic carbocycles. The SMILES string of the molecule is CC.[CH2-]C.[CH3-].[CH3-].[Y].[Y].[Y].[Y].[Y].[Y].[Y].[Y].[Y].[Y].[Y].[Y].[Y].[Y].[Y].[Y].[Y].[Y]. The summed E-state index contributed by atoms with van der Waals surface area (Å²) in [6.07, 6.45) is 0. The molecule has 0 N–H and O–H groups in total. The molecule has 0 aliphatic heterocycles. The van der Waals surface area contributed by atoms with E-state index in [9.17, 15) is 0 Å². The van der Waals surface area contributed by atoms with Crippen LogP contribution < -0.4 is 0 Å². The molecule has 24 heavy (non-hydrogen) atoms. The molecule has 0 spiro atoms. The van der Waals surface area contributed by atoms with Gasteiger partial charge in [-0.05, 0) is 0 Å². The Hall–Kier alpha value is 19.9. The molecule has 0 saturated carbocycles. The summed E-state index contributed by atoms with van der Waals surface area (Å²) in [4.78, 5) is 0. The second kappa shape index (κ2) is 190. The van der Waals surface area contributed by atoms with Gasteiger partial charge in [0.15, 0.2) is 0 Å². The molecule has 0 aromatic heterocycles. The molecular weight excluding hydrogens is 1670 g/mol. The Morgan fingerprint density at radius 3 is 0.250 bits per heavy atom. The molecule has 0 unspecified atom stereocenters. The monoisotopic (exact) mass is 1690 g/mol. The van der Waals surface area contributed by atoms with Crippen LogP contribution in [0.3, 0.4) is 0 Å². The molecule has 0 aromatic rings. The van der Waals surface area contributed by atoms with E-state index in [4.69, 9.17) is 0 Å². The van der Waals surface area contributed by atoms with Crippen LogP contribution >= 0.6 is 0 Å². The van der Waals surface area contributed by atoms with Crippen molar-refractivity contribution in [3.8, 4) is 0 Å². The van der Waals surface area contributed by atoms with Crippen molar-refractivity contribution < 1.29 is 589 Å². The molecule has 0 aliphatic rings. The van der Waals surface area contributed by atoms with Crippen molar-refractivity contribution in [2.45, 2.75) is 20.8 Å². The smallest absolute Gasteiger partial charge is 0 e. The fraction of sp³-hybridized carbons (Fsp3) is 0.500. The minimum Gasteiger partial charge on any atom is -0.358 e. The van der Waals surface area contributed by atoms with Crippen molar-refractivity contribution in [2.24, 2.45) is 0 Å². The third-order valence-corrected chi connectivity index (χ3v) is 0. The third kappa shape index (κ3) is 177. The molecule has 0 saturated heterocycles. The summed E-state index contributed by atoms with van der Waals surface area (Å²) in [5.41, 5.74) is 0. The molecule has 0 aromatic carbocycles.